The molecule has 0 fully saturated rings. The summed E-state index contributed by atoms with van der Waals surface area (Å²) in [6.45, 7) is 0. The molecule has 0 aromatic heterocycles. The van der Waals surface area contributed by atoms with Crippen LogP contribution in [0.25, 0.3) is 0 Å². The van der Waals surface area contributed by atoms with Crippen LogP contribution in [-0.4, -0.2) is 19.0 Å². The summed E-state index contributed by atoms with van der Waals surface area (Å²) in [5.74, 6) is -2.32. The van der Waals surface area contributed by atoms with Gasteiger partial charge in [-0.3, -0.25) is 0 Å². The molecule has 0 saturated heterocycles. The standard InChI is InChI=1S/C17H14O5/c1-21-11-6-4-5-10(9-11)15-14(16(18)19)12-7-2-3-8-13(12)17(20)22-15/h2-9,14-15H,1H3,(H,18,19)/p-1/t14-,15-/m1/s1. The van der Waals surface area contributed by atoms with E-state index in [-0.39, 0.29) is 5.56 Å². The number of hydrogen-bond acceptors (Lipinski definition) is 5. The van der Waals surface area contributed by atoms with Gasteiger partial charge in [0.25, 0.3) is 0 Å². The number of ether oxygens (including phenoxy) is 2. The van der Waals surface area contributed by atoms with Gasteiger partial charge in [0.2, 0.25) is 0 Å². The highest BCUT2D eigenvalue weighted by molar-refractivity contribution is 5.95. The predicted octanol–water partition coefficient (Wildman–Crippen LogP) is 1.44. The molecule has 1 heterocycles. The SMILES string of the molecule is COc1cccc([C@H]2OC(=O)c3ccccc3[C@H]2C(=O)[O-])c1. The Morgan fingerprint density at radius 3 is 2.68 bits per heavy atom. The Morgan fingerprint density at radius 2 is 1.95 bits per heavy atom. The molecule has 2 atom stereocenters. The molecule has 0 aliphatic carbocycles. The summed E-state index contributed by atoms with van der Waals surface area (Å²) in [7, 11) is 1.51. The second-order valence-corrected chi connectivity index (χ2v) is 4.99. The average molecular weight is 297 g/mol. The van der Waals surface area contributed by atoms with Crippen molar-refractivity contribution in [3.8, 4) is 5.75 Å². The van der Waals surface area contributed by atoms with Crippen LogP contribution in [0.5, 0.6) is 5.75 Å². The van der Waals surface area contributed by atoms with E-state index in [1.54, 1.807) is 48.5 Å². The zero-order chi connectivity index (χ0) is 15.7. The molecule has 0 spiro atoms. The Labute approximate surface area is 127 Å². The molecule has 1 aliphatic rings. The lowest BCUT2D eigenvalue weighted by molar-refractivity contribution is -0.310. The van der Waals surface area contributed by atoms with E-state index in [1.807, 2.05) is 0 Å². The van der Waals surface area contributed by atoms with Crippen LogP contribution in [0.4, 0.5) is 0 Å². The van der Waals surface area contributed by atoms with Crippen LogP contribution >= 0.6 is 0 Å². The van der Waals surface area contributed by atoms with Gasteiger partial charge in [0.05, 0.1) is 24.6 Å². The maximum atomic E-state index is 12.1. The number of cyclic esters (lactones) is 1. The summed E-state index contributed by atoms with van der Waals surface area (Å²) in [6.07, 6.45) is -0.942. The molecular formula is C17H13O5-. The minimum Gasteiger partial charge on any atom is -0.549 e. The first-order valence-electron chi connectivity index (χ1n) is 6.76. The largest absolute Gasteiger partial charge is 0.549 e. The van der Waals surface area contributed by atoms with E-state index in [1.165, 1.54) is 7.11 Å². The zero-order valence-corrected chi connectivity index (χ0v) is 11.8. The van der Waals surface area contributed by atoms with Crippen molar-refractivity contribution in [1.29, 1.82) is 0 Å². The van der Waals surface area contributed by atoms with Crippen molar-refractivity contribution in [2.45, 2.75) is 12.0 Å². The number of fused-ring (bicyclic) bond motifs is 1. The molecule has 112 valence electrons. The zero-order valence-electron chi connectivity index (χ0n) is 11.8. The Morgan fingerprint density at radius 1 is 1.18 bits per heavy atom. The van der Waals surface area contributed by atoms with Crippen LogP contribution in [0.15, 0.2) is 48.5 Å². The third-order valence-corrected chi connectivity index (χ3v) is 3.73. The number of rotatable bonds is 3. The predicted molar refractivity (Wildman–Crippen MR) is 75.3 cm³/mol. The lowest BCUT2D eigenvalue weighted by atomic mass is 9.84. The van der Waals surface area contributed by atoms with E-state index in [0.29, 0.717) is 16.9 Å². The number of aliphatic carboxylic acids is 1. The fraction of sp³-hybridized carbons (Fsp3) is 0.176. The lowest BCUT2D eigenvalue weighted by Gasteiger charge is -2.33. The molecule has 22 heavy (non-hydrogen) atoms. The smallest absolute Gasteiger partial charge is 0.339 e. The average Bonchev–Trinajstić information content (AvgIpc) is 2.54. The molecular weight excluding hydrogens is 284 g/mol. The van der Waals surface area contributed by atoms with Gasteiger partial charge in [-0.1, -0.05) is 30.3 Å². The molecule has 0 unspecified atom stereocenters. The van der Waals surface area contributed by atoms with Gasteiger partial charge < -0.3 is 19.4 Å². The van der Waals surface area contributed by atoms with Crippen molar-refractivity contribution in [3.63, 3.8) is 0 Å². The van der Waals surface area contributed by atoms with E-state index in [0.717, 1.165) is 0 Å². The Kier molecular flexibility index (Phi) is 3.55. The number of carbonyl (C=O) groups is 2. The normalized spacial score (nSPS) is 20.0. The van der Waals surface area contributed by atoms with Crippen molar-refractivity contribution in [1.82, 2.24) is 0 Å². The fourth-order valence-corrected chi connectivity index (χ4v) is 2.69. The summed E-state index contributed by atoms with van der Waals surface area (Å²) < 4.78 is 10.5. The Balaban J connectivity index is 2.11. The molecule has 0 bridgehead atoms. The van der Waals surface area contributed by atoms with Crippen LogP contribution in [0.1, 0.15) is 33.5 Å². The summed E-state index contributed by atoms with van der Waals surface area (Å²) in [5, 5.41) is 11.6. The van der Waals surface area contributed by atoms with Gasteiger partial charge in [-0.05, 0) is 29.3 Å². The Bertz CT molecular complexity index is 737. The van der Waals surface area contributed by atoms with Crippen LogP contribution in [-0.2, 0) is 9.53 Å². The number of methoxy groups -OCH3 is 1. The fourth-order valence-electron chi connectivity index (χ4n) is 2.69. The highest BCUT2D eigenvalue weighted by Gasteiger charge is 2.37. The molecule has 2 aromatic rings. The van der Waals surface area contributed by atoms with E-state index < -0.39 is 24.0 Å². The topological polar surface area (TPSA) is 75.7 Å². The highest BCUT2D eigenvalue weighted by Crippen LogP contribution is 2.40. The lowest BCUT2D eigenvalue weighted by Crippen LogP contribution is -2.38. The minimum absolute atomic E-state index is 0.260. The first-order chi connectivity index (χ1) is 10.6. The van der Waals surface area contributed by atoms with Crippen LogP contribution in [0.3, 0.4) is 0 Å². The molecule has 2 aromatic carbocycles. The molecule has 5 nitrogen and oxygen atoms in total. The monoisotopic (exact) mass is 297 g/mol. The van der Waals surface area contributed by atoms with Gasteiger partial charge in [0, 0.05) is 0 Å². The number of benzene rings is 2. The molecule has 0 amide bonds. The van der Waals surface area contributed by atoms with Crippen LogP contribution in [0.2, 0.25) is 0 Å². The molecule has 0 N–H and O–H groups in total. The van der Waals surface area contributed by atoms with Gasteiger partial charge in [-0.2, -0.15) is 0 Å². The van der Waals surface area contributed by atoms with Gasteiger partial charge in [-0.25, -0.2) is 4.79 Å². The first-order valence-corrected chi connectivity index (χ1v) is 6.76. The highest BCUT2D eigenvalue weighted by atomic mass is 16.5. The number of carboxylic acid groups (broad SMARTS) is 1. The summed E-state index contributed by atoms with van der Waals surface area (Å²) >= 11 is 0. The van der Waals surface area contributed by atoms with Crippen LogP contribution in [0, 0.1) is 0 Å². The second kappa shape index (κ2) is 5.52. The quantitative estimate of drug-likeness (QED) is 0.801. The van der Waals surface area contributed by atoms with E-state index >= 15 is 0 Å². The van der Waals surface area contributed by atoms with Crippen molar-refractivity contribution < 1.29 is 24.2 Å². The van der Waals surface area contributed by atoms with Crippen molar-refractivity contribution >= 4 is 11.9 Å². The minimum atomic E-state index is -1.28. The number of carboxylic acids is 1. The number of hydrogen-bond donors (Lipinski definition) is 0. The molecule has 0 saturated carbocycles. The van der Waals surface area contributed by atoms with Gasteiger partial charge in [-0.15, -0.1) is 0 Å². The third kappa shape index (κ3) is 2.30. The van der Waals surface area contributed by atoms with Gasteiger partial charge >= 0.3 is 5.97 Å². The summed E-state index contributed by atoms with van der Waals surface area (Å²) in [6, 6.07) is 13.3. The maximum absolute atomic E-state index is 12.1. The van der Waals surface area contributed by atoms with E-state index in [4.69, 9.17) is 9.47 Å². The first kappa shape index (κ1) is 14.1. The molecule has 0 radical (unpaired) electrons. The van der Waals surface area contributed by atoms with Crippen molar-refractivity contribution in [2.24, 2.45) is 0 Å². The molecule has 1 aliphatic heterocycles. The van der Waals surface area contributed by atoms with Crippen molar-refractivity contribution in [3.05, 3.63) is 65.2 Å². The summed E-state index contributed by atoms with van der Waals surface area (Å²) in [4.78, 5) is 23.8. The maximum Gasteiger partial charge on any atom is 0.339 e. The molecule has 3 rings (SSSR count). The molecule has 5 heteroatoms. The van der Waals surface area contributed by atoms with Gasteiger partial charge in [0.15, 0.2) is 0 Å². The van der Waals surface area contributed by atoms with E-state index in [9.17, 15) is 14.7 Å². The third-order valence-electron chi connectivity index (χ3n) is 3.73. The number of carbonyl (C=O) groups excluding carboxylic acids is 2. The van der Waals surface area contributed by atoms with E-state index in [2.05, 4.69) is 0 Å². The second-order valence-electron chi connectivity index (χ2n) is 4.99. The van der Waals surface area contributed by atoms with Crippen LogP contribution < -0.4 is 9.84 Å². The Hall–Kier alpha value is -2.82. The summed E-state index contributed by atoms with van der Waals surface area (Å²) in [5.41, 5.74) is 1.22. The van der Waals surface area contributed by atoms with Crippen molar-refractivity contribution in [2.75, 3.05) is 7.11 Å². The number of esters is 1. The van der Waals surface area contributed by atoms with Gasteiger partial charge in [0.1, 0.15) is 11.9 Å².